The molecule has 2 rings (SSSR count). The summed E-state index contributed by atoms with van der Waals surface area (Å²) in [6.07, 6.45) is 3.34. The van der Waals surface area contributed by atoms with E-state index < -0.39 is 17.1 Å². The normalized spacial score (nSPS) is 10.1. The highest BCUT2D eigenvalue weighted by Gasteiger charge is 2.00. The lowest BCUT2D eigenvalue weighted by Gasteiger charge is -2.03. The summed E-state index contributed by atoms with van der Waals surface area (Å²) in [6.45, 7) is -0.338. The van der Waals surface area contributed by atoms with E-state index >= 15 is 0 Å². The van der Waals surface area contributed by atoms with Gasteiger partial charge in [-0.15, -0.1) is 0 Å². The molecule has 128 valence electrons. The van der Waals surface area contributed by atoms with Gasteiger partial charge in [0.2, 0.25) is 5.43 Å². The first-order valence-electron chi connectivity index (χ1n) is 6.57. The van der Waals surface area contributed by atoms with Crippen LogP contribution >= 0.6 is 0 Å². The Morgan fingerprint density at radius 2 is 1.96 bits per heavy atom. The average Bonchev–Trinajstić information content (AvgIpc) is 2.57. The first-order valence-corrected chi connectivity index (χ1v) is 6.57. The summed E-state index contributed by atoms with van der Waals surface area (Å²) in [5, 5.41) is 34.7. The Bertz CT molecular complexity index is 776. The number of rotatable bonds is 4. The number of aromatic hydroxyl groups is 2. The maximum atomic E-state index is 10.6. The molecule has 0 amide bonds. The van der Waals surface area contributed by atoms with Crippen LogP contribution in [0, 0.1) is 0 Å². The number of aliphatic carboxylic acids is 1. The third kappa shape index (κ3) is 5.85. The Morgan fingerprint density at radius 1 is 1.25 bits per heavy atom. The van der Waals surface area contributed by atoms with Gasteiger partial charge in [0.15, 0.2) is 17.2 Å². The first-order chi connectivity index (χ1) is 11.4. The fraction of sp³-hybridized carbons (Fsp3) is 0.125. The van der Waals surface area contributed by atoms with Crippen molar-refractivity contribution in [3.8, 4) is 17.2 Å². The second kappa shape index (κ2) is 9.01. The number of benzene rings is 1. The van der Waals surface area contributed by atoms with E-state index in [2.05, 4.69) is 4.42 Å². The Hall–Kier alpha value is -3.26. The van der Waals surface area contributed by atoms with Crippen LogP contribution in [0.15, 0.2) is 45.8 Å². The third-order valence-electron chi connectivity index (χ3n) is 2.64. The van der Waals surface area contributed by atoms with Crippen LogP contribution in [0.3, 0.4) is 0 Å². The molecule has 0 atom stereocenters. The summed E-state index contributed by atoms with van der Waals surface area (Å²) < 4.78 is 9.45. The topological polar surface area (TPSA) is 137 Å². The van der Waals surface area contributed by atoms with Crippen molar-refractivity contribution < 1.29 is 34.4 Å². The molecule has 1 heterocycles. The lowest BCUT2D eigenvalue weighted by atomic mass is 10.2. The van der Waals surface area contributed by atoms with Crippen LogP contribution in [0.1, 0.15) is 11.3 Å². The highest BCUT2D eigenvalue weighted by atomic mass is 16.5. The summed E-state index contributed by atoms with van der Waals surface area (Å²) in [5.74, 6) is -0.977. The number of aliphatic hydroxyl groups is 1. The molecule has 1 aromatic heterocycles. The van der Waals surface area contributed by atoms with E-state index in [-0.39, 0.29) is 18.1 Å². The van der Waals surface area contributed by atoms with Gasteiger partial charge in [0.1, 0.15) is 18.6 Å². The van der Waals surface area contributed by atoms with Crippen molar-refractivity contribution in [2.24, 2.45) is 0 Å². The zero-order valence-electron chi connectivity index (χ0n) is 12.7. The van der Waals surface area contributed by atoms with Crippen molar-refractivity contribution in [3.63, 3.8) is 0 Å². The van der Waals surface area contributed by atoms with Gasteiger partial charge in [-0.2, -0.15) is 0 Å². The largest absolute Gasteiger partial charge is 0.504 e. The molecule has 0 unspecified atom stereocenters. The number of hydrogen-bond donors (Lipinski definition) is 4. The Balaban J connectivity index is 0.000000254. The zero-order chi connectivity index (χ0) is 18.1. The predicted molar refractivity (Wildman–Crippen MR) is 83.9 cm³/mol. The van der Waals surface area contributed by atoms with Crippen molar-refractivity contribution in [2.45, 2.75) is 6.61 Å². The molecule has 0 spiro atoms. The molecule has 0 aliphatic rings. The van der Waals surface area contributed by atoms with E-state index in [1.54, 1.807) is 12.1 Å². The van der Waals surface area contributed by atoms with Crippen molar-refractivity contribution in [3.05, 3.63) is 58.2 Å². The molecule has 1 aromatic carbocycles. The molecule has 0 fully saturated rings. The first kappa shape index (κ1) is 18.8. The standard InChI is InChI=1S/C10H10O4.C6H6O4/c1-14-9-6-7(2-4-8(9)11)3-5-10(12)13;7-2-4-1-5(8)6(9)3-10-4/h2-6,11H,1H3,(H,12,13);1,3,7,9H,2H2/b5-3+;. The number of phenols is 1. The molecule has 0 aliphatic heterocycles. The number of hydrogen-bond acceptors (Lipinski definition) is 7. The maximum Gasteiger partial charge on any atom is 0.328 e. The summed E-state index contributed by atoms with van der Waals surface area (Å²) in [7, 11) is 1.43. The summed E-state index contributed by atoms with van der Waals surface area (Å²) in [5.41, 5.74) is 0.109. The van der Waals surface area contributed by atoms with E-state index in [1.165, 1.54) is 19.3 Å². The summed E-state index contributed by atoms with van der Waals surface area (Å²) in [6, 6.07) is 5.63. The van der Waals surface area contributed by atoms with Crippen LogP contribution in [0.25, 0.3) is 6.08 Å². The maximum absolute atomic E-state index is 10.6. The fourth-order valence-electron chi connectivity index (χ4n) is 1.49. The van der Waals surface area contributed by atoms with E-state index in [0.717, 1.165) is 18.4 Å². The second-order valence-corrected chi connectivity index (χ2v) is 4.36. The highest BCUT2D eigenvalue weighted by molar-refractivity contribution is 5.85. The smallest absolute Gasteiger partial charge is 0.328 e. The average molecular weight is 336 g/mol. The number of ether oxygens (including phenoxy) is 1. The van der Waals surface area contributed by atoms with Gasteiger partial charge < -0.3 is 29.6 Å². The minimum absolute atomic E-state index is 0.0278. The number of carboxylic acid groups (broad SMARTS) is 1. The quantitative estimate of drug-likeness (QED) is 0.614. The lowest BCUT2D eigenvalue weighted by Crippen LogP contribution is -1.99. The van der Waals surface area contributed by atoms with E-state index in [0.29, 0.717) is 11.3 Å². The zero-order valence-corrected chi connectivity index (χ0v) is 12.7. The second-order valence-electron chi connectivity index (χ2n) is 4.36. The van der Waals surface area contributed by atoms with Gasteiger partial charge in [0, 0.05) is 12.1 Å². The molecule has 0 aliphatic carbocycles. The Kier molecular flexibility index (Phi) is 7.05. The Morgan fingerprint density at radius 3 is 2.50 bits per heavy atom. The fourth-order valence-corrected chi connectivity index (χ4v) is 1.49. The van der Waals surface area contributed by atoms with E-state index in [9.17, 15) is 14.7 Å². The minimum atomic E-state index is -1.02. The molecular weight excluding hydrogens is 320 g/mol. The molecule has 0 saturated heterocycles. The molecule has 8 nitrogen and oxygen atoms in total. The van der Waals surface area contributed by atoms with Gasteiger partial charge in [0.05, 0.1) is 7.11 Å². The van der Waals surface area contributed by atoms with Gasteiger partial charge in [-0.1, -0.05) is 6.07 Å². The number of phenolic OH excluding ortho intramolecular Hbond substituents is 1. The Labute approximate surface area is 136 Å². The van der Waals surface area contributed by atoms with Crippen molar-refractivity contribution in [2.75, 3.05) is 7.11 Å². The van der Waals surface area contributed by atoms with Crippen molar-refractivity contribution in [1.82, 2.24) is 0 Å². The van der Waals surface area contributed by atoms with Gasteiger partial charge in [-0.25, -0.2) is 4.79 Å². The van der Waals surface area contributed by atoms with E-state index in [1.807, 2.05) is 0 Å². The molecule has 2 aromatic rings. The highest BCUT2D eigenvalue weighted by Crippen LogP contribution is 2.26. The number of aliphatic hydroxyl groups excluding tert-OH is 1. The van der Waals surface area contributed by atoms with Crippen LogP contribution in [0.2, 0.25) is 0 Å². The monoisotopic (exact) mass is 336 g/mol. The number of carboxylic acids is 1. The van der Waals surface area contributed by atoms with Gasteiger partial charge in [0.25, 0.3) is 0 Å². The summed E-state index contributed by atoms with van der Waals surface area (Å²) >= 11 is 0. The van der Waals surface area contributed by atoms with Crippen LogP contribution in [-0.2, 0) is 11.4 Å². The molecule has 24 heavy (non-hydrogen) atoms. The summed E-state index contributed by atoms with van der Waals surface area (Å²) in [4.78, 5) is 20.8. The van der Waals surface area contributed by atoms with Gasteiger partial charge in [-0.3, -0.25) is 4.79 Å². The van der Waals surface area contributed by atoms with Gasteiger partial charge in [-0.05, 0) is 23.8 Å². The molecule has 4 N–H and O–H groups in total. The molecular formula is C16H16O8. The van der Waals surface area contributed by atoms with Crippen LogP contribution < -0.4 is 10.2 Å². The molecule has 8 heteroatoms. The van der Waals surface area contributed by atoms with Crippen LogP contribution in [0.4, 0.5) is 0 Å². The van der Waals surface area contributed by atoms with Crippen LogP contribution in [-0.4, -0.2) is 33.5 Å². The van der Waals surface area contributed by atoms with Crippen molar-refractivity contribution in [1.29, 1.82) is 0 Å². The third-order valence-corrected chi connectivity index (χ3v) is 2.64. The number of methoxy groups -OCH3 is 1. The van der Waals surface area contributed by atoms with Crippen LogP contribution in [0.5, 0.6) is 17.2 Å². The molecule has 0 radical (unpaired) electrons. The van der Waals surface area contributed by atoms with Gasteiger partial charge >= 0.3 is 5.97 Å². The minimum Gasteiger partial charge on any atom is -0.504 e. The van der Waals surface area contributed by atoms with Crippen molar-refractivity contribution >= 4 is 12.0 Å². The predicted octanol–water partition coefficient (Wildman–Crippen LogP) is 1.34. The lowest BCUT2D eigenvalue weighted by molar-refractivity contribution is -0.131. The SMILES string of the molecule is COc1cc(/C=C/C(=O)O)ccc1O.O=c1cc(CO)occ1O. The molecule has 0 saturated carbocycles. The van der Waals surface area contributed by atoms with E-state index in [4.69, 9.17) is 20.1 Å². The molecule has 0 bridgehead atoms. The number of carbonyl (C=O) groups is 1.